The van der Waals surface area contributed by atoms with E-state index in [4.69, 9.17) is 8.85 Å². The molecule has 0 N–H and O–H groups in total. The van der Waals surface area contributed by atoms with E-state index in [0.717, 1.165) is 16.7 Å². The summed E-state index contributed by atoms with van der Waals surface area (Å²) in [4.78, 5) is 0. The molecular formula is C26H34O2Si2. The molecule has 0 saturated heterocycles. The zero-order valence-electron chi connectivity index (χ0n) is 19.1. The van der Waals surface area contributed by atoms with Crippen LogP contribution in [-0.4, -0.2) is 16.6 Å². The first-order valence-corrected chi connectivity index (χ1v) is 17.5. The van der Waals surface area contributed by atoms with Gasteiger partial charge in [0.25, 0.3) is 0 Å². The highest BCUT2D eigenvalue weighted by molar-refractivity contribution is 6.70. The fraction of sp³-hybridized carbons (Fsp3) is 0.308. The van der Waals surface area contributed by atoms with Gasteiger partial charge in [-0.25, -0.2) is 0 Å². The second kappa shape index (κ2) is 9.02. The first-order chi connectivity index (χ1) is 14.1. The molecule has 0 aliphatic carbocycles. The molecule has 0 unspecified atom stereocenters. The van der Waals surface area contributed by atoms with Gasteiger partial charge in [-0.15, -0.1) is 0 Å². The van der Waals surface area contributed by atoms with Crippen LogP contribution in [0.4, 0.5) is 0 Å². The summed E-state index contributed by atoms with van der Waals surface area (Å²) in [6, 6.07) is 31.8. The largest absolute Gasteiger partial charge is 0.407 e. The van der Waals surface area contributed by atoms with E-state index < -0.39 is 22.2 Å². The van der Waals surface area contributed by atoms with Crippen molar-refractivity contribution in [3.05, 3.63) is 108 Å². The van der Waals surface area contributed by atoms with Crippen LogP contribution in [0.3, 0.4) is 0 Å². The molecule has 0 bridgehead atoms. The molecular weight excluding hydrogens is 400 g/mol. The first kappa shape index (κ1) is 22.7. The van der Waals surface area contributed by atoms with E-state index in [1.807, 2.05) is 0 Å². The molecule has 1 atom stereocenters. The molecule has 3 rings (SSSR count). The van der Waals surface area contributed by atoms with Gasteiger partial charge in [-0.3, -0.25) is 0 Å². The highest BCUT2D eigenvalue weighted by Gasteiger charge is 2.48. The molecule has 0 fully saturated rings. The van der Waals surface area contributed by atoms with E-state index in [1.165, 1.54) is 0 Å². The lowest BCUT2D eigenvalue weighted by Crippen LogP contribution is -2.49. The average Bonchev–Trinajstić information content (AvgIpc) is 2.71. The Morgan fingerprint density at radius 1 is 0.567 bits per heavy atom. The second-order valence-corrected chi connectivity index (χ2v) is 18.6. The molecule has 30 heavy (non-hydrogen) atoms. The Labute approximate surface area is 184 Å². The van der Waals surface area contributed by atoms with Crippen molar-refractivity contribution in [2.45, 2.75) is 51.0 Å². The molecule has 2 nitrogen and oxygen atoms in total. The Morgan fingerprint density at radius 3 is 1.33 bits per heavy atom. The smallest absolute Gasteiger partial charge is 0.185 e. The van der Waals surface area contributed by atoms with Crippen molar-refractivity contribution >= 4 is 16.6 Å². The third-order valence-electron chi connectivity index (χ3n) is 4.82. The van der Waals surface area contributed by atoms with Crippen LogP contribution in [-0.2, 0) is 14.5 Å². The van der Waals surface area contributed by atoms with Gasteiger partial charge in [0, 0.05) is 0 Å². The molecule has 0 spiro atoms. The minimum absolute atomic E-state index is 0.248. The zero-order chi connectivity index (χ0) is 21.8. The van der Waals surface area contributed by atoms with Crippen LogP contribution in [0.5, 0.6) is 0 Å². The lowest BCUT2D eigenvalue weighted by Gasteiger charge is -2.47. The van der Waals surface area contributed by atoms with E-state index in [1.54, 1.807) is 0 Å². The number of rotatable bonds is 8. The first-order valence-electron chi connectivity index (χ1n) is 10.7. The summed E-state index contributed by atoms with van der Waals surface area (Å²) >= 11 is 0. The van der Waals surface area contributed by atoms with E-state index in [2.05, 4.69) is 130 Å². The maximum atomic E-state index is 7.20. The van der Waals surface area contributed by atoms with Crippen LogP contribution in [0.1, 0.15) is 22.8 Å². The van der Waals surface area contributed by atoms with Crippen molar-refractivity contribution < 1.29 is 8.85 Å². The molecule has 0 aliphatic rings. The van der Waals surface area contributed by atoms with Gasteiger partial charge < -0.3 is 8.85 Å². The number of hydrogen-bond acceptors (Lipinski definition) is 2. The Morgan fingerprint density at radius 2 is 0.967 bits per heavy atom. The molecule has 0 heterocycles. The average molecular weight is 435 g/mol. The maximum absolute atomic E-state index is 7.20. The zero-order valence-corrected chi connectivity index (χ0v) is 21.1. The highest BCUT2D eigenvalue weighted by atomic mass is 28.4. The van der Waals surface area contributed by atoms with Crippen LogP contribution >= 0.6 is 0 Å². The summed E-state index contributed by atoms with van der Waals surface area (Å²) in [6.45, 7) is 13.5. The Hall–Kier alpha value is -1.99. The van der Waals surface area contributed by atoms with Gasteiger partial charge >= 0.3 is 0 Å². The molecule has 0 saturated carbocycles. The molecule has 3 aromatic rings. The van der Waals surface area contributed by atoms with Crippen LogP contribution in [0, 0.1) is 0 Å². The van der Waals surface area contributed by atoms with E-state index in [0.29, 0.717) is 0 Å². The summed E-state index contributed by atoms with van der Waals surface area (Å²) < 4.78 is 14.2. The Balaban J connectivity index is 2.37. The molecule has 3 aromatic carbocycles. The lowest BCUT2D eigenvalue weighted by molar-refractivity contribution is -0.0269. The quantitative estimate of drug-likeness (QED) is 0.344. The summed E-state index contributed by atoms with van der Waals surface area (Å²) in [5, 5.41) is 0. The van der Waals surface area contributed by atoms with Gasteiger partial charge in [0.15, 0.2) is 16.6 Å². The van der Waals surface area contributed by atoms with E-state index in [9.17, 15) is 0 Å². The number of hydrogen-bond donors (Lipinski definition) is 0. The van der Waals surface area contributed by atoms with Crippen molar-refractivity contribution in [2.24, 2.45) is 0 Å². The van der Waals surface area contributed by atoms with Crippen LogP contribution in [0.25, 0.3) is 0 Å². The second-order valence-electron chi connectivity index (χ2n) is 9.70. The third-order valence-corrected chi connectivity index (χ3v) is 6.69. The van der Waals surface area contributed by atoms with Gasteiger partial charge in [-0.2, -0.15) is 0 Å². The van der Waals surface area contributed by atoms with Gasteiger partial charge in [-0.1, -0.05) is 91.0 Å². The molecule has 0 amide bonds. The predicted molar refractivity (Wildman–Crippen MR) is 132 cm³/mol. The SMILES string of the molecule is C[Si](C)(C)O[C@H](c1ccccc1)C(O[Si](C)(C)C)(c1ccccc1)c1ccccc1. The molecule has 0 aromatic heterocycles. The molecule has 0 aliphatic heterocycles. The van der Waals surface area contributed by atoms with Crippen molar-refractivity contribution in [2.75, 3.05) is 0 Å². The standard InChI is InChI=1S/C26H34O2Si2/c1-29(2,3)27-25(22-16-10-7-11-17-22)26(28-30(4,5)6,23-18-12-8-13-19-23)24-20-14-9-15-21-24/h7-21,25H,1-6H3/t25-/m1/s1. The van der Waals surface area contributed by atoms with Crippen molar-refractivity contribution in [3.8, 4) is 0 Å². The Kier molecular flexibility index (Phi) is 6.82. The monoisotopic (exact) mass is 434 g/mol. The summed E-state index contributed by atoms with van der Waals surface area (Å²) in [7, 11) is -3.91. The topological polar surface area (TPSA) is 18.5 Å². The van der Waals surface area contributed by atoms with E-state index >= 15 is 0 Å². The maximum Gasteiger partial charge on any atom is 0.185 e. The highest BCUT2D eigenvalue weighted by Crippen LogP contribution is 2.49. The lowest BCUT2D eigenvalue weighted by atomic mass is 9.79. The van der Waals surface area contributed by atoms with Gasteiger partial charge in [0.1, 0.15) is 11.7 Å². The van der Waals surface area contributed by atoms with Crippen LogP contribution < -0.4 is 0 Å². The molecule has 4 heteroatoms. The van der Waals surface area contributed by atoms with Crippen molar-refractivity contribution in [3.63, 3.8) is 0 Å². The third kappa shape index (κ3) is 5.38. The fourth-order valence-corrected chi connectivity index (χ4v) is 6.18. The van der Waals surface area contributed by atoms with Crippen molar-refractivity contribution in [1.82, 2.24) is 0 Å². The summed E-state index contributed by atoms with van der Waals surface area (Å²) in [6.07, 6.45) is -0.248. The summed E-state index contributed by atoms with van der Waals surface area (Å²) in [5.41, 5.74) is 2.68. The van der Waals surface area contributed by atoms with Gasteiger partial charge in [0.2, 0.25) is 0 Å². The van der Waals surface area contributed by atoms with Crippen LogP contribution in [0.2, 0.25) is 39.3 Å². The number of benzene rings is 3. The normalized spacial score (nSPS) is 13.8. The fourth-order valence-electron chi connectivity index (χ4n) is 3.86. The summed E-state index contributed by atoms with van der Waals surface area (Å²) in [5.74, 6) is 0. The van der Waals surface area contributed by atoms with Crippen molar-refractivity contribution in [1.29, 1.82) is 0 Å². The molecule has 0 radical (unpaired) electrons. The Bertz CT molecular complexity index is 875. The van der Waals surface area contributed by atoms with Crippen LogP contribution in [0.15, 0.2) is 91.0 Å². The minimum Gasteiger partial charge on any atom is -0.407 e. The minimum atomic E-state index is -1.99. The van der Waals surface area contributed by atoms with Gasteiger partial charge in [0.05, 0.1) is 0 Å². The molecule has 158 valence electrons. The van der Waals surface area contributed by atoms with Gasteiger partial charge in [-0.05, 0) is 56.0 Å². The predicted octanol–water partition coefficient (Wildman–Crippen LogP) is 7.37. The van der Waals surface area contributed by atoms with E-state index in [-0.39, 0.29) is 6.10 Å².